The van der Waals surface area contributed by atoms with Gasteiger partial charge in [0.15, 0.2) is 11.0 Å². The number of carbonyl (C=O) groups excluding carboxylic acids is 1. The molecule has 7 nitrogen and oxygen atoms in total. The van der Waals surface area contributed by atoms with Crippen molar-refractivity contribution in [2.24, 2.45) is 0 Å². The van der Waals surface area contributed by atoms with E-state index in [2.05, 4.69) is 56.7 Å². The molecule has 0 spiro atoms. The summed E-state index contributed by atoms with van der Waals surface area (Å²) in [4.78, 5) is 21.3. The van der Waals surface area contributed by atoms with E-state index in [0.717, 1.165) is 55.8 Å². The number of thioether (sulfide) groups is 1. The Morgan fingerprint density at radius 3 is 2.58 bits per heavy atom. The van der Waals surface area contributed by atoms with E-state index in [4.69, 9.17) is 0 Å². The fourth-order valence-corrected chi connectivity index (χ4v) is 4.73. The van der Waals surface area contributed by atoms with Gasteiger partial charge in [0.05, 0.1) is 5.75 Å². The van der Waals surface area contributed by atoms with Gasteiger partial charge in [-0.25, -0.2) is 0 Å². The monoisotopic (exact) mass is 436 g/mol. The van der Waals surface area contributed by atoms with Crippen molar-refractivity contribution in [3.05, 3.63) is 59.9 Å². The third-order valence-corrected chi connectivity index (χ3v) is 6.55. The van der Waals surface area contributed by atoms with Gasteiger partial charge in [0.2, 0.25) is 5.91 Å². The number of pyridine rings is 1. The third-order valence-electron chi connectivity index (χ3n) is 5.60. The fraction of sp³-hybridized carbons (Fsp3) is 0.391. The van der Waals surface area contributed by atoms with E-state index in [1.807, 2.05) is 29.3 Å². The standard InChI is InChI=1S/C23H28N6OS/c1-3-29-22(20-9-5-4-7-18(20)2)25-26-23(29)31-17-21(30)28-13-11-27(12-14-28)16-19-8-6-10-24-15-19/h4-10,15H,3,11-14,16-17H2,1-2H3. The van der Waals surface area contributed by atoms with Crippen molar-refractivity contribution in [3.63, 3.8) is 0 Å². The molecule has 3 aromatic rings. The molecule has 0 bridgehead atoms. The number of benzene rings is 1. The van der Waals surface area contributed by atoms with Crippen LogP contribution in [0.4, 0.5) is 0 Å². The highest BCUT2D eigenvalue weighted by molar-refractivity contribution is 7.99. The smallest absolute Gasteiger partial charge is 0.233 e. The van der Waals surface area contributed by atoms with Crippen LogP contribution in [0.25, 0.3) is 11.4 Å². The first-order chi connectivity index (χ1) is 15.2. The predicted octanol–water partition coefficient (Wildman–Crippen LogP) is 3.10. The molecule has 162 valence electrons. The number of nitrogens with zero attached hydrogens (tertiary/aromatic N) is 6. The Hall–Kier alpha value is -2.71. The molecular weight excluding hydrogens is 408 g/mol. The molecule has 1 fully saturated rings. The number of hydrogen-bond acceptors (Lipinski definition) is 6. The topological polar surface area (TPSA) is 67.2 Å². The van der Waals surface area contributed by atoms with Crippen LogP contribution in [0, 0.1) is 6.92 Å². The molecule has 1 aliphatic heterocycles. The van der Waals surface area contributed by atoms with Gasteiger partial charge in [0.25, 0.3) is 0 Å². The Labute approximate surface area is 187 Å². The lowest BCUT2D eigenvalue weighted by molar-refractivity contribution is -0.130. The zero-order chi connectivity index (χ0) is 21.6. The van der Waals surface area contributed by atoms with Crippen LogP contribution in [0.2, 0.25) is 0 Å². The summed E-state index contributed by atoms with van der Waals surface area (Å²) in [5.74, 6) is 1.41. The van der Waals surface area contributed by atoms with Gasteiger partial charge in [-0.2, -0.15) is 0 Å². The van der Waals surface area contributed by atoms with Gasteiger partial charge in [-0.3, -0.25) is 14.7 Å². The number of hydrogen-bond donors (Lipinski definition) is 0. The van der Waals surface area contributed by atoms with Crippen LogP contribution in [-0.2, 0) is 17.9 Å². The number of aromatic nitrogens is 4. The fourth-order valence-electron chi connectivity index (χ4n) is 3.83. The molecule has 1 aromatic carbocycles. The van der Waals surface area contributed by atoms with Gasteiger partial charge < -0.3 is 9.47 Å². The van der Waals surface area contributed by atoms with Crippen LogP contribution >= 0.6 is 11.8 Å². The van der Waals surface area contributed by atoms with Crippen LogP contribution in [0.1, 0.15) is 18.1 Å². The van der Waals surface area contributed by atoms with Crippen molar-refractivity contribution >= 4 is 17.7 Å². The highest BCUT2D eigenvalue weighted by Crippen LogP contribution is 2.26. The normalized spacial score (nSPS) is 14.7. The summed E-state index contributed by atoms with van der Waals surface area (Å²) < 4.78 is 2.09. The Balaban J connectivity index is 1.32. The van der Waals surface area contributed by atoms with Gasteiger partial charge in [0.1, 0.15) is 0 Å². The summed E-state index contributed by atoms with van der Waals surface area (Å²) >= 11 is 1.47. The summed E-state index contributed by atoms with van der Waals surface area (Å²) in [5, 5.41) is 9.58. The van der Waals surface area contributed by atoms with Crippen LogP contribution in [-0.4, -0.2) is 67.4 Å². The number of amides is 1. The molecule has 0 aliphatic carbocycles. The van der Waals surface area contributed by atoms with Crippen molar-refractivity contribution in [1.29, 1.82) is 0 Å². The summed E-state index contributed by atoms with van der Waals surface area (Å²) in [5.41, 5.74) is 3.46. The summed E-state index contributed by atoms with van der Waals surface area (Å²) in [7, 11) is 0. The third kappa shape index (κ3) is 5.14. The maximum Gasteiger partial charge on any atom is 0.233 e. The number of carbonyl (C=O) groups is 1. The first-order valence-corrected chi connectivity index (χ1v) is 11.6. The molecule has 3 heterocycles. The maximum atomic E-state index is 12.8. The van der Waals surface area contributed by atoms with E-state index >= 15 is 0 Å². The number of rotatable bonds is 7. The van der Waals surface area contributed by atoms with E-state index < -0.39 is 0 Å². The molecular formula is C23H28N6OS. The zero-order valence-electron chi connectivity index (χ0n) is 18.1. The quantitative estimate of drug-likeness (QED) is 0.530. The van der Waals surface area contributed by atoms with E-state index in [9.17, 15) is 4.79 Å². The second kappa shape index (κ2) is 10.1. The molecule has 31 heavy (non-hydrogen) atoms. The van der Waals surface area contributed by atoms with Crippen LogP contribution in [0.3, 0.4) is 0 Å². The lowest BCUT2D eigenvalue weighted by Crippen LogP contribution is -2.48. The molecule has 0 radical (unpaired) electrons. The molecule has 1 saturated heterocycles. The predicted molar refractivity (Wildman–Crippen MR) is 123 cm³/mol. The van der Waals surface area contributed by atoms with Crippen molar-refractivity contribution in [2.75, 3.05) is 31.9 Å². The molecule has 1 amide bonds. The molecule has 2 aromatic heterocycles. The molecule has 0 atom stereocenters. The first-order valence-electron chi connectivity index (χ1n) is 10.7. The van der Waals surface area contributed by atoms with Crippen molar-refractivity contribution in [3.8, 4) is 11.4 Å². The van der Waals surface area contributed by atoms with Crippen LogP contribution < -0.4 is 0 Å². The van der Waals surface area contributed by atoms with Gasteiger partial charge in [0, 0.05) is 57.2 Å². The maximum absolute atomic E-state index is 12.8. The minimum Gasteiger partial charge on any atom is -0.339 e. The van der Waals surface area contributed by atoms with Gasteiger partial charge in [-0.15, -0.1) is 10.2 Å². The Morgan fingerprint density at radius 2 is 1.87 bits per heavy atom. The lowest BCUT2D eigenvalue weighted by Gasteiger charge is -2.34. The summed E-state index contributed by atoms with van der Waals surface area (Å²) in [6, 6.07) is 12.2. The van der Waals surface area contributed by atoms with Gasteiger partial charge in [-0.1, -0.05) is 42.1 Å². The van der Waals surface area contributed by atoms with E-state index in [1.54, 1.807) is 6.20 Å². The Bertz CT molecular complexity index is 1010. The Morgan fingerprint density at radius 1 is 1.06 bits per heavy atom. The SMILES string of the molecule is CCn1c(SCC(=O)N2CCN(Cc3cccnc3)CC2)nnc1-c1ccccc1C. The molecule has 1 aliphatic rings. The second-order valence-electron chi connectivity index (χ2n) is 7.67. The zero-order valence-corrected chi connectivity index (χ0v) is 18.9. The van der Waals surface area contributed by atoms with Crippen LogP contribution in [0.15, 0.2) is 53.9 Å². The van der Waals surface area contributed by atoms with E-state index in [-0.39, 0.29) is 5.91 Å². The molecule has 8 heteroatoms. The Kier molecular flexibility index (Phi) is 6.99. The van der Waals surface area contributed by atoms with Crippen LogP contribution in [0.5, 0.6) is 0 Å². The highest BCUT2D eigenvalue weighted by atomic mass is 32.2. The first kappa shape index (κ1) is 21.5. The molecule has 0 unspecified atom stereocenters. The second-order valence-corrected chi connectivity index (χ2v) is 8.61. The van der Waals surface area contributed by atoms with Gasteiger partial charge >= 0.3 is 0 Å². The number of piperazine rings is 1. The lowest BCUT2D eigenvalue weighted by atomic mass is 10.1. The number of aryl methyl sites for hydroxylation is 1. The largest absolute Gasteiger partial charge is 0.339 e. The van der Waals surface area contributed by atoms with E-state index in [0.29, 0.717) is 5.75 Å². The molecule has 4 rings (SSSR count). The average molecular weight is 437 g/mol. The molecule has 0 saturated carbocycles. The minimum atomic E-state index is 0.161. The minimum absolute atomic E-state index is 0.161. The highest BCUT2D eigenvalue weighted by Gasteiger charge is 2.22. The molecule has 0 N–H and O–H groups in total. The average Bonchev–Trinajstić information content (AvgIpc) is 3.21. The van der Waals surface area contributed by atoms with Crippen molar-refractivity contribution in [2.45, 2.75) is 32.1 Å². The van der Waals surface area contributed by atoms with Gasteiger partial charge in [-0.05, 0) is 31.0 Å². The summed E-state index contributed by atoms with van der Waals surface area (Å²) in [6.07, 6.45) is 3.70. The van der Waals surface area contributed by atoms with E-state index in [1.165, 1.54) is 22.9 Å². The summed E-state index contributed by atoms with van der Waals surface area (Å²) in [6.45, 7) is 9.09. The van der Waals surface area contributed by atoms with Crippen molar-refractivity contribution < 1.29 is 4.79 Å². The van der Waals surface area contributed by atoms with Crippen molar-refractivity contribution in [1.82, 2.24) is 29.5 Å².